The van der Waals surface area contributed by atoms with Crippen LogP contribution in [-0.4, -0.2) is 29.6 Å². The Balaban J connectivity index is 2.66. The number of rotatable bonds is 6. The van der Waals surface area contributed by atoms with Crippen LogP contribution < -0.4 is 10.1 Å². The number of nitrogens with one attached hydrogen (secondary N) is 1. The van der Waals surface area contributed by atoms with Crippen molar-refractivity contribution in [3.05, 3.63) is 28.2 Å². The van der Waals surface area contributed by atoms with Crippen LogP contribution in [0.3, 0.4) is 0 Å². The fourth-order valence-corrected chi connectivity index (χ4v) is 1.97. The fourth-order valence-electron chi connectivity index (χ4n) is 1.59. The third-order valence-electron chi connectivity index (χ3n) is 2.70. The molecule has 0 aliphatic carbocycles. The molecule has 20 heavy (non-hydrogen) atoms. The number of carboxylic acid groups (broad SMARTS) is 1. The molecular formula is C14H18BrNO4. The van der Waals surface area contributed by atoms with E-state index in [9.17, 15) is 9.59 Å². The molecule has 0 bridgehead atoms. The summed E-state index contributed by atoms with van der Waals surface area (Å²) in [6, 6.07) is 4.63. The van der Waals surface area contributed by atoms with E-state index in [1.807, 2.05) is 26.0 Å². The standard InChI is InChI=1S/C14H18BrNO4/c1-8(2)11-6-10(15)4-5-12(11)20-7-13(17)16-9(3)14(18)19/h4-6,8-9H,7H2,1-3H3,(H,16,17)(H,18,19). The number of carbonyl (C=O) groups is 2. The van der Waals surface area contributed by atoms with Crippen LogP contribution in [-0.2, 0) is 9.59 Å². The van der Waals surface area contributed by atoms with E-state index in [-0.39, 0.29) is 12.5 Å². The molecule has 1 amide bonds. The zero-order valence-electron chi connectivity index (χ0n) is 11.6. The molecule has 1 aromatic rings. The normalized spacial score (nSPS) is 12.1. The summed E-state index contributed by atoms with van der Waals surface area (Å²) in [4.78, 5) is 22.2. The van der Waals surface area contributed by atoms with Crippen molar-refractivity contribution in [1.29, 1.82) is 0 Å². The molecule has 1 rings (SSSR count). The van der Waals surface area contributed by atoms with Crippen molar-refractivity contribution in [2.45, 2.75) is 32.7 Å². The molecule has 0 saturated heterocycles. The minimum atomic E-state index is -1.08. The van der Waals surface area contributed by atoms with E-state index >= 15 is 0 Å². The van der Waals surface area contributed by atoms with Crippen molar-refractivity contribution >= 4 is 27.8 Å². The van der Waals surface area contributed by atoms with Gasteiger partial charge in [-0.2, -0.15) is 0 Å². The highest BCUT2D eigenvalue weighted by atomic mass is 79.9. The second-order valence-corrected chi connectivity index (χ2v) is 5.67. The fraction of sp³-hybridized carbons (Fsp3) is 0.429. The molecule has 5 nitrogen and oxygen atoms in total. The van der Waals surface area contributed by atoms with Gasteiger partial charge < -0.3 is 15.2 Å². The maximum atomic E-state index is 11.6. The monoisotopic (exact) mass is 343 g/mol. The van der Waals surface area contributed by atoms with Gasteiger partial charge >= 0.3 is 5.97 Å². The summed E-state index contributed by atoms with van der Waals surface area (Å²) in [5.41, 5.74) is 0.985. The Morgan fingerprint density at radius 2 is 2.00 bits per heavy atom. The van der Waals surface area contributed by atoms with Gasteiger partial charge in [0.2, 0.25) is 0 Å². The summed E-state index contributed by atoms with van der Waals surface area (Å²) in [7, 11) is 0. The van der Waals surface area contributed by atoms with E-state index in [1.54, 1.807) is 6.07 Å². The Morgan fingerprint density at radius 1 is 1.35 bits per heavy atom. The number of benzene rings is 1. The molecule has 0 spiro atoms. The van der Waals surface area contributed by atoms with Crippen LogP contribution in [0.2, 0.25) is 0 Å². The number of carbonyl (C=O) groups excluding carboxylic acids is 1. The summed E-state index contributed by atoms with van der Waals surface area (Å²) in [5, 5.41) is 11.0. The first kappa shape index (κ1) is 16.5. The van der Waals surface area contributed by atoms with Gasteiger partial charge in [-0.1, -0.05) is 29.8 Å². The van der Waals surface area contributed by atoms with Crippen LogP contribution in [0.15, 0.2) is 22.7 Å². The molecule has 0 heterocycles. The Labute approximate surface area is 126 Å². The molecule has 1 unspecified atom stereocenters. The average Bonchev–Trinajstić information content (AvgIpc) is 2.36. The highest BCUT2D eigenvalue weighted by Crippen LogP contribution is 2.29. The Kier molecular flexibility index (Phi) is 6.01. The zero-order valence-corrected chi connectivity index (χ0v) is 13.2. The minimum absolute atomic E-state index is 0.209. The number of hydrogen-bond donors (Lipinski definition) is 2. The lowest BCUT2D eigenvalue weighted by Crippen LogP contribution is -2.40. The summed E-state index contributed by atoms with van der Waals surface area (Å²) in [6.45, 7) is 5.25. The highest BCUT2D eigenvalue weighted by molar-refractivity contribution is 9.10. The minimum Gasteiger partial charge on any atom is -0.483 e. The van der Waals surface area contributed by atoms with Gasteiger partial charge in [0.25, 0.3) is 5.91 Å². The lowest BCUT2D eigenvalue weighted by Gasteiger charge is -2.15. The second kappa shape index (κ2) is 7.28. The molecule has 0 fully saturated rings. The van der Waals surface area contributed by atoms with Gasteiger partial charge in [-0.05, 0) is 36.6 Å². The van der Waals surface area contributed by atoms with E-state index in [1.165, 1.54) is 6.92 Å². The predicted octanol–water partition coefficient (Wildman–Crippen LogP) is 2.54. The van der Waals surface area contributed by atoms with E-state index in [4.69, 9.17) is 9.84 Å². The predicted molar refractivity (Wildman–Crippen MR) is 79.0 cm³/mol. The third-order valence-corrected chi connectivity index (χ3v) is 3.19. The molecule has 0 aliphatic heterocycles. The van der Waals surface area contributed by atoms with Crippen molar-refractivity contribution in [3.63, 3.8) is 0 Å². The Hall–Kier alpha value is -1.56. The van der Waals surface area contributed by atoms with Crippen LogP contribution in [0.1, 0.15) is 32.3 Å². The van der Waals surface area contributed by atoms with Crippen molar-refractivity contribution in [1.82, 2.24) is 5.32 Å². The maximum absolute atomic E-state index is 11.6. The van der Waals surface area contributed by atoms with Gasteiger partial charge in [0.15, 0.2) is 6.61 Å². The molecule has 110 valence electrons. The molecule has 1 atom stereocenters. The number of hydrogen-bond acceptors (Lipinski definition) is 3. The molecule has 2 N–H and O–H groups in total. The number of ether oxygens (including phenoxy) is 1. The first-order chi connectivity index (χ1) is 9.31. The molecule has 6 heteroatoms. The van der Waals surface area contributed by atoms with E-state index in [0.717, 1.165) is 10.0 Å². The van der Waals surface area contributed by atoms with E-state index < -0.39 is 17.9 Å². The van der Waals surface area contributed by atoms with Crippen LogP contribution in [0.5, 0.6) is 5.75 Å². The SMILES string of the molecule is CC(NC(=O)COc1ccc(Br)cc1C(C)C)C(=O)O. The topological polar surface area (TPSA) is 75.6 Å². The number of aliphatic carboxylic acids is 1. The van der Waals surface area contributed by atoms with Gasteiger partial charge in [-0.15, -0.1) is 0 Å². The maximum Gasteiger partial charge on any atom is 0.325 e. The van der Waals surface area contributed by atoms with E-state index in [2.05, 4.69) is 21.2 Å². The van der Waals surface area contributed by atoms with Crippen LogP contribution >= 0.6 is 15.9 Å². The van der Waals surface area contributed by atoms with Gasteiger partial charge in [0.1, 0.15) is 11.8 Å². The Morgan fingerprint density at radius 3 is 2.55 bits per heavy atom. The van der Waals surface area contributed by atoms with Crippen LogP contribution in [0.4, 0.5) is 0 Å². The largest absolute Gasteiger partial charge is 0.483 e. The summed E-state index contributed by atoms with van der Waals surface area (Å²) < 4.78 is 6.41. The van der Waals surface area contributed by atoms with Gasteiger partial charge in [-0.25, -0.2) is 0 Å². The molecular weight excluding hydrogens is 326 g/mol. The molecule has 1 aromatic carbocycles. The summed E-state index contributed by atoms with van der Waals surface area (Å²) in [6.07, 6.45) is 0. The Bertz CT molecular complexity index is 502. The van der Waals surface area contributed by atoms with E-state index in [0.29, 0.717) is 5.75 Å². The zero-order chi connectivity index (χ0) is 15.3. The van der Waals surface area contributed by atoms with Crippen molar-refractivity contribution in [2.24, 2.45) is 0 Å². The molecule has 0 aromatic heterocycles. The summed E-state index contributed by atoms with van der Waals surface area (Å²) in [5.74, 6) is -0.660. The van der Waals surface area contributed by atoms with Crippen molar-refractivity contribution in [3.8, 4) is 5.75 Å². The molecule has 0 aliphatic rings. The number of carboxylic acids is 1. The first-order valence-corrected chi connectivity index (χ1v) is 7.05. The van der Waals surface area contributed by atoms with Crippen molar-refractivity contribution < 1.29 is 19.4 Å². The molecule has 0 saturated carbocycles. The summed E-state index contributed by atoms with van der Waals surface area (Å²) >= 11 is 3.39. The second-order valence-electron chi connectivity index (χ2n) is 4.75. The van der Waals surface area contributed by atoms with Crippen LogP contribution in [0.25, 0.3) is 0 Å². The third kappa shape index (κ3) is 4.85. The van der Waals surface area contributed by atoms with Crippen LogP contribution in [0, 0.1) is 0 Å². The van der Waals surface area contributed by atoms with Gasteiger partial charge in [0, 0.05) is 4.47 Å². The quantitative estimate of drug-likeness (QED) is 0.832. The van der Waals surface area contributed by atoms with Crippen molar-refractivity contribution in [2.75, 3.05) is 6.61 Å². The molecule has 0 radical (unpaired) electrons. The lowest BCUT2D eigenvalue weighted by atomic mass is 10.0. The van der Waals surface area contributed by atoms with Gasteiger partial charge in [-0.3, -0.25) is 9.59 Å². The van der Waals surface area contributed by atoms with Gasteiger partial charge in [0.05, 0.1) is 0 Å². The average molecular weight is 344 g/mol. The first-order valence-electron chi connectivity index (χ1n) is 6.25. The number of amides is 1. The highest BCUT2D eigenvalue weighted by Gasteiger charge is 2.15. The smallest absolute Gasteiger partial charge is 0.325 e. The number of halogens is 1. The lowest BCUT2D eigenvalue weighted by molar-refractivity contribution is -0.141.